The standard InChI is InChI=1S/C23H25NO2/c1-18-14-19(2)16-21(15-18)24-17-20-8-10-23(11-9-20)26-13-12-25-22-6-4-3-5-7-22/h3-11,14-16,24H,12-13,17H2,1-2H3. The summed E-state index contributed by atoms with van der Waals surface area (Å²) in [5, 5.41) is 3.47. The summed E-state index contributed by atoms with van der Waals surface area (Å²) in [5.41, 5.74) is 4.92. The van der Waals surface area contributed by atoms with E-state index in [1.165, 1.54) is 16.7 Å². The molecule has 0 aliphatic rings. The van der Waals surface area contributed by atoms with Crippen LogP contribution in [0.5, 0.6) is 11.5 Å². The molecule has 3 aromatic carbocycles. The van der Waals surface area contributed by atoms with Crippen molar-refractivity contribution in [1.82, 2.24) is 0 Å². The van der Waals surface area contributed by atoms with Crippen molar-refractivity contribution in [2.75, 3.05) is 18.5 Å². The van der Waals surface area contributed by atoms with E-state index in [0.717, 1.165) is 23.7 Å². The molecule has 0 aliphatic carbocycles. The van der Waals surface area contributed by atoms with Gasteiger partial charge in [0.1, 0.15) is 24.7 Å². The molecule has 3 aromatic rings. The van der Waals surface area contributed by atoms with Crippen LogP contribution in [0.15, 0.2) is 72.8 Å². The number of ether oxygens (including phenoxy) is 2. The van der Waals surface area contributed by atoms with E-state index in [-0.39, 0.29) is 0 Å². The molecule has 3 rings (SSSR count). The van der Waals surface area contributed by atoms with Gasteiger partial charge in [0.2, 0.25) is 0 Å². The summed E-state index contributed by atoms with van der Waals surface area (Å²) >= 11 is 0. The first-order chi connectivity index (χ1) is 12.7. The zero-order valence-electron chi connectivity index (χ0n) is 15.4. The minimum Gasteiger partial charge on any atom is -0.490 e. The summed E-state index contributed by atoms with van der Waals surface area (Å²) in [5.74, 6) is 1.72. The zero-order valence-corrected chi connectivity index (χ0v) is 15.4. The summed E-state index contributed by atoms with van der Waals surface area (Å²) in [6, 6.07) is 24.5. The van der Waals surface area contributed by atoms with Gasteiger partial charge in [0.05, 0.1) is 0 Å². The SMILES string of the molecule is Cc1cc(C)cc(NCc2ccc(OCCOc3ccccc3)cc2)c1. The highest BCUT2D eigenvalue weighted by molar-refractivity contribution is 5.48. The molecular weight excluding hydrogens is 322 g/mol. The lowest BCUT2D eigenvalue weighted by Crippen LogP contribution is -2.09. The van der Waals surface area contributed by atoms with Crippen LogP contribution in [-0.2, 0) is 6.54 Å². The molecular formula is C23H25NO2. The van der Waals surface area contributed by atoms with Gasteiger partial charge in [-0.3, -0.25) is 0 Å². The number of nitrogens with one attached hydrogen (secondary N) is 1. The van der Waals surface area contributed by atoms with Gasteiger partial charge in [-0.25, -0.2) is 0 Å². The van der Waals surface area contributed by atoms with Gasteiger partial charge in [0, 0.05) is 12.2 Å². The van der Waals surface area contributed by atoms with E-state index in [9.17, 15) is 0 Å². The lowest BCUT2D eigenvalue weighted by Gasteiger charge is -2.11. The Hall–Kier alpha value is -2.94. The maximum absolute atomic E-state index is 5.73. The smallest absolute Gasteiger partial charge is 0.122 e. The van der Waals surface area contributed by atoms with Crippen LogP contribution in [0.25, 0.3) is 0 Å². The lowest BCUT2D eigenvalue weighted by atomic mass is 10.1. The van der Waals surface area contributed by atoms with Gasteiger partial charge in [-0.05, 0) is 66.9 Å². The molecule has 1 N–H and O–H groups in total. The predicted molar refractivity (Wildman–Crippen MR) is 107 cm³/mol. The minimum atomic E-state index is 0.523. The normalized spacial score (nSPS) is 10.4. The Bertz CT molecular complexity index is 793. The molecule has 0 saturated heterocycles. The van der Waals surface area contributed by atoms with Crippen LogP contribution in [0.2, 0.25) is 0 Å². The monoisotopic (exact) mass is 347 g/mol. The Morgan fingerprint density at radius 1 is 0.692 bits per heavy atom. The first kappa shape index (κ1) is 17.9. The topological polar surface area (TPSA) is 30.5 Å². The second-order valence-electron chi connectivity index (χ2n) is 6.38. The molecule has 0 unspecified atom stereocenters. The molecule has 0 aliphatic heterocycles. The number of hydrogen-bond donors (Lipinski definition) is 1. The summed E-state index contributed by atoms with van der Waals surface area (Å²) in [6.45, 7) is 6.08. The van der Waals surface area contributed by atoms with Gasteiger partial charge in [0.25, 0.3) is 0 Å². The van der Waals surface area contributed by atoms with Crippen molar-refractivity contribution in [2.45, 2.75) is 20.4 Å². The first-order valence-corrected chi connectivity index (χ1v) is 8.91. The Kier molecular flexibility index (Phi) is 6.15. The number of aryl methyl sites for hydroxylation is 2. The quantitative estimate of drug-likeness (QED) is 0.555. The molecule has 3 nitrogen and oxygen atoms in total. The van der Waals surface area contributed by atoms with Crippen molar-refractivity contribution in [3.8, 4) is 11.5 Å². The van der Waals surface area contributed by atoms with Gasteiger partial charge >= 0.3 is 0 Å². The molecule has 0 fully saturated rings. The Morgan fingerprint density at radius 3 is 1.88 bits per heavy atom. The van der Waals surface area contributed by atoms with Crippen LogP contribution in [0, 0.1) is 13.8 Å². The van der Waals surface area contributed by atoms with E-state index in [0.29, 0.717) is 13.2 Å². The van der Waals surface area contributed by atoms with Crippen LogP contribution >= 0.6 is 0 Å². The molecule has 0 amide bonds. The van der Waals surface area contributed by atoms with E-state index in [2.05, 4.69) is 49.5 Å². The van der Waals surface area contributed by atoms with E-state index in [4.69, 9.17) is 9.47 Å². The number of anilines is 1. The van der Waals surface area contributed by atoms with E-state index in [1.807, 2.05) is 42.5 Å². The maximum Gasteiger partial charge on any atom is 0.122 e. The Balaban J connectivity index is 1.43. The van der Waals surface area contributed by atoms with E-state index >= 15 is 0 Å². The molecule has 26 heavy (non-hydrogen) atoms. The first-order valence-electron chi connectivity index (χ1n) is 8.91. The molecule has 0 saturated carbocycles. The zero-order chi connectivity index (χ0) is 18.2. The lowest BCUT2D eigenvalue weighted by molar-refractivity contribution is 0.217. The summed E-state index contributed by atoms with van der Waals surface area (Å²) in [7, 11) is 0. The third-order valence-electron chi connectivity index (χ3n) is 4.01. The largest absolute Gasteiger partial charge is 0.490 e. The van der Waals surface area contributed by atoms with Crippen molar-refractivity contribution in [3.05, 3.63) is 89.5 Å². The van der Waals surface area contributed by atoms with Crippen LogP contribution in [0.4, 0.5) is 5.69 Å². The average molecular weight is 347 g/mol. The van der Waals surface area contributed by atoms with E-state index < -0.39 is 0 Å². The van der Waals surface area contributed by atoms with Crippen molar-refractivity contribution < 1.29 is 9.47 Å². The van der Waals surface area contributed by atoms with Crippen molar-refractivity contribution >= 4 is 5.69 Å². The maximum atomic E-state index is 5.73. The Morgan fingerprint density at radius 2 is 1.27 bits per heavy atom. The average Bonchev–Trinajstić information content (AvgIpc) is 2.65. The highest BCUT2D eigenvalue weighted by Crippen LogP contribution is 2.17. The molecule has 0 spiro atoms. The molecule has 0 aromatic heterocycles. The fourth-order valence-corrected chi connectivity index (χ4v) is 2.82. The van der Waals surface area contributed by atoms with Crippen LogP contribution in [0.1, 0.15) is 16.7 Å². The number of benzene rings is 3. The molecule has 0 atom stereocenters. The predicted octanol–water partition coefficient (Wildman–Crippen LogP) is 5.37. The molecule has 3 heteroatoms. The second kappa shape index (κ2) is 8.95. The summed E-state index contributed by atoms with van der Waals surface area (Å²) in [4.78, 5) is 0. The van der Waals surface area contributed by atoms with Gasteiger partial charge in [-0.15, -0.1) is 0 Å². The number of para-hydroxylation sites is 1. The van der Waals surface area contributed by atoms with Crippen molar-refractivity contribution in [1.29, 1.82) is 0 Å². The second-order valence-corrected chi connectivity index (χ2v) is 6.38. The van der Waals surface area contributed by atoms with Gasteiger partial charge in [-0.2, -0.15) is 0 Å². The summed E-state index contributed by atoms with van der Waals surface area (Å²) < 4.78 is 11.4. The van der Waals surface area contributed by atoms with E-state index in [1.54, 1.807) is 0 Å². The fraction of sp³-hybridized carbons (Fsp3) is 0.217. The van der Waals surface area contributed by atoms with Gasteiger partial charge in [-0.1, -0.05) is 36.4 Å². The summed E-state index contributed by atoms with van der Waals surface area (Å²) in [6.07, 6.45) is 0. The highest BCUT2D eigenvalue weighted by Gasteiger charge is 1.99. The number of rotatable bonds is 8. The van der Waals surface area contributed by atoms with Crippen LogP contribution in [-0.4, -0.2) is 13.2 Å². The molecule has 0 radical (unpaired) electrons. The molecule has 0 heterocycles. The van der Waals surface area contributed by atoms with Crippen LogP contribution < -0.4 is 14.8 Å². The number of hydrogen-bond acceptors (Lipinski definition) is 3. The Labute approximate surface area is 155 Å². The fourth-order valence-electron chi connectivity index (χ4n) is 2.82. The third-order valence-corrected chi connectivity index (χ3v) is 4.01. The van der Waals surface area contributed by atoms with Gasteiger partial charge in [0.15, 0.2) is 0 Å². The van der Waals surface area contributed by atoms with Crippen molar-refractivity contribution in [3.63, 3.8) is 0 Å². The third kappa shape index (κ3) is 5.55. The van der Waals surface area contributed by atoms with Crippen LogP contribution in [0.3, 0.4) is 0 Å². The highest BCUT2D eigenvalue weighted by atomic mass is 16.5. The minimum absolute atomic E-state index is 0.523. The molecule has 0 bridgehead atoms. The van der Waals surface area contributed by atoms with Crippen molar-refractivity contribution in [2.24, 2.45) is 0 Å². The molecule has 134 valence electrons. The van der Waals surface area contributed by atoms with Gasteiger partial charge < -0.3 is 14.8 Å².